The summed E-state index contributed by atoms with van der Waals surface area (Å²) in [5.74, 6) is 0.918. The highest BCUT2D eigenvalue weighted by Gasteiger charge is 2.26. The molecule has 140 valence electrons. The fourth-order valence-electron chi connectivity index (χ4n) is 3.62. The minimum Gasteiger partial charge on any atom is -0.386 e. The highest BCUT2D eigenvalue weighted by Crippen LogP contribution is 2.30. The van der Waals surface area contributed by atoms with Crippen LogP contribution in [0.15, 0.2) is 30.3 Å². The third-order valence-corrected chi connectivity index (χ3v) is 5.11. The third-order valence-electron chi connectivity index (χ3n) is 5.11. The Hall–Kier alpha value is -2.80. The second-order valence-electron chi connectivity index (χ2n) is 7.14. The van der Waals surface area contributed by atoms with E-state index in [1.54, 1.807) is 28.9 Å². The monoisotopic (exact) mass is 367 g/mol. The number of hydrogen-bond acceptors (Lipinski definition) is 5. The number of nitrogens with two attached hydrogens (primary N) is 1. The van der Waals surface area contributed by atoms with Crippen molar-refractivity contribution in [3.8, 4) is 11.4 Å². The number of aromatic nitrogens is 4. The summed E-state index contributed by atoms with van der Waals surface area (Å²) < 4.78 is 15.3. The number of aryl methyl sites for hydroxylation is 1. The van der Waals surface area contributed by atoms with Crippen LogP contribution in [0.4, 0.5) is 10.2 Å². The van der Waals surface area contributed by atoms with Crippen molar-refractivity contribution in [3.05, 3.63) is 42.0 Å². The summed E-state index contributed by atoms with van der Waals surface area (Å²) in [6.45, 7) is 0. The number of aliphatic hydroxyl groups is 1. The molecular formula is C20H22FN5O. The first kappa shape index (κ1) is 17.6. The van der Waals surface area contributed by atoms with E-state index in [0.29, 0.717) is 28.4 Å². The predicted octanol–water partition coefficient (Wildman–Crippen LogP) is 3.46. The van der Waals surface area contributed by atoms with E-state index < -0.39 is 5.60 Å². The maximum absolute atomic E-state index is 13.6. The van der Waals surface area contributed by atoms with E-state index in [9.17, 15) is 9.50 Å². The summed E-state index contributed by atoms with van der Waals surface area (Å²) in [4.78, 5) is 13.3. The van der Waals surface area contributed by atoms with E-state index in [1.165, 1.54) is 12.1 Å². The first-order valence-electron chi connectivity index (χ1n) is 9.13. The van der Waals surface area contributed by atoms with Crippen molar-refractivity contribution in [2.24, 2.45) is 7.05 Å². The van der Waals surface area contributed by atoms with Gasteiger partial charge in [-0.25, -0.2) is 19.3 Å². The normalized spacial score (nSPS) is 17.0. The first-order chi connectivity index (χ1) is 13.0. The van der Waals surface area contributed by atoms with Gasteiger partial charge in [0.25, 0.3) is 0 Å². The zero-order chi connectivity index (χ0) is 19.0. The second-order valence-corrected chi connectivity index (χ2v) is 7.14. The molecule has 0 aliphatic heterocycles. The van der Waals surface area contributed by atoms with Crippen LogP contribution in [-0.4, -0.2) is 30.2 Å². The minimum absolute atomic E-state index is 0.258. The summed E-state index contributed by atoms with van der Waals surface area (Å²) in [6, 6.07) is 6.23. The van der Waals surface area contributed by atoms with Gasteiger partial charge in [0.05, 0.1) is 5.60 Å². The van der Waals surface area contributed by atoms with Crippen LogP contribution in [0.3, 0.4) is 0 Å². The van der Waals surface area contributed by atoms with E-state index in [-0.39, 0.29) is 11.6 Å². The average molecular weight is 367 g/mol. The number of halogens is 1. The molecule has 1 fully saturated rings. The van der Waals surface area contributed by atoms with Gasteiger partial charge in [-0.2, -0.15) is 0 Å². The molecule has 4 rings (SSSR count). The number of nitrogens with zero attached hydrogens (tertiary/aromatic N) is 4. The zero-order valence-corrected chi connectivity index (χ0v) is 15.2. The van der Waals surface area contributed by atoms with E-state index in [0.717, 1.165) is 32.1 Å². The summed E-state index contributed by atoms with van der Waals surface area (Å²) in [5.41, 5.74) is 6.98. The Morgan fingerprint density at radius 3 is 2.70 bits per heavy atom. The molecule has 0 radical (unpaired) electrons. The van der Waals surface area contributed by atoms with Crippen molar-refractivity contribution in [1.29, 1.82) is 0 Å². The molecular weight excluding hydrogens is 345 g/mol. The molecule has 1 aliphatic rings. The molecule has 27 heavy (non-hydrogen) atoms. The zero-order valence-electron chi connectivity index (χ0n) is 15.2. The van der Waals surface area contributed by atoms with Gasteiger partial charge in [0.2, 0.25) is 0 Å². The molecule has 3 aromatic rings. The topological polar surface area (TPSA) is 89.9 Å². The fourth-order valence-corrected chi connectivity index (χ4v) is 3.62. The molecule has 2 heterocycles. The molecule has 0 unspecified atom stereocenters. The Morgan fingerprint density at radius 2 is 1.96 bits per heavy atom. The van der Waals surface area contributed by atoms with Gasteiger partial charge < -0.3 is 15.4 Å². The Morgan fingerprint density at radius 1 is 1.19 bits per heavy atom. The van der Waals surface area contributed by atoms with Crippen molar-refractivity contribution >= 4 is 23.1 Å². The summed E-state index contributed by atoms with van der Waals surface area (Å²) in [7, 11) is 1.81. The maximum atomic E-state index is 13.6. The molecule has 0 spiro atoms. The third kappa shape index (κ3) is 3.42. The predicted molar refractivity (Wildman–Crippen MR) is 103 cm³/mol. The Balaban J connectivity index is 1.74. The van der Waals surface area contributed by atoms with Crippen LogP contribution in [-0.2, 0) is 7.05 Å². The lowest BCUT2D eigenvalue weighted by molar-refractivity contribution is 0.0521. The molecule has 1 aliphatic carbocycles. The lowest BCUT2D eigenvalue weighted by atomic mass is 9.84. The van der Waals surface area contributed by atoms with Gasteiger partial charge in [-0.15, -0.1) is 0 Å². The summed E-state index contributed by atoms with van der Waals surface area (Å²) in [5, 5.41) is 10.6. The van der Waals surface area contributed by atoms with Gasteiger partial charge in [-0.05, 0) is 37.1 Å². The smallest absolute Gasteiger partial charge is 0.166 e. The number of nitrogen functional groups attached to an aromatic ring is 1. The highest BCUT2D eigenvalue weighted by atomic mass is 19.1. The van der Waals surface area contributed by atoms with Gasteiger partial charge in [0.15, 0.2) is 22.8 Å². The summed E-state index contributed by atoms with van der Waals surface area (Å²) in [6.07, 6.45) is 8.17. The lowest BCUT2D eigenvalue weighted by Gasteiger charge is -2.28. The Labute approximate surface area is 156 Å². The molecule has 0 bridgehead atoms. The van der Waals surface area contributed by atoms with Gasteiger partial charge in [0.1, 0.15) is 11.6 Å². The van der Waals surface area contributed by atoms with E-state index >= 15 is 0 Å². The number of rotatable bonds is 3. The van der Waals surface area contributed by atoms with Gasteiger partial charge in [-0.1, -0.05) is 31.4 Å². The number of hydrogen-bond donors (Lipinski definition) is 2. The number of fused-ring (bicyclic) bond motifs is 1. The van der Waals surface area contributed by atoms with Crippen molar-refractivity contribution in [2.45, 2.75) is 37.7 Å². The molecule has 0 amide bonds. The fraction of sp³-hybridized carbons (Fsp3) is 0.350. The van der Waals surface area contributed by atoms with Crippen LogP contribution in [0, 0.1) is 5.82 Å². The molecule has 1 saturated carbocycles. The molecule has 3 N–H and O–H groups in total. The highest BCUT2D eigenvalue weighted by molar-refractivity contribution is 5.86. The van der Waals surface area contributed by atoms with Gasteiger partial charge in [0, 0.05) is 12.6 Å². The molecule has 7 heteroatoms. The standard InChI is InChI=1S/C20H22FN5O/c1-26-18(13-6-5-7-14(21)12-13)25-16-17(22)23-15(24-19(16)26)8-11-20(27)9-3-2-4-10-20/h5-8,11-12,27H,2-4,9-10H2,1H3,(H2,22,23,24). The van der Waals surface area contributed by atoms with Crippen LogP contribution in [0.1, 0.15) is 37.9 Å². The van der Waals surface area contributed by atoms with Crippen LogP contribution >= 0.6 is 0 Å². The van der Waals surface area contributed by atoms with Crippen molar-refractivity contribution in [2.75, 3.05) is 5.73 Å². The number of benzene rings is 1. The van der Waals surface area contributed by atoms with E-state index in [1.807, 2.05) is 7.05 Å². The van der Waals surface area contributed by atoms with Crippen molar-refractivity contribution < 1.29 is 9.50 Å². The average Bonchev–Trinajstić information content (AvgIpc) is 2.98. The van der Waals surface area contributed by atoms with Crippen molar-refractivity contribution in [3.63, 3.8) is 0 Å². The SMILES string of the molecule is Cn1c(-c2cccc(F)c2)nc2c(N)nc(C=CC3(O)CCCCC3)nc21. The van der Waals surface area contributed by atoms with Gasteiger partial charge in [-0.3, -0.25) is 0 Å². The Kier molecular flexibility index (Phi) is 4.39. The van der Waals surface area contributed by atoms with Crippen molar-refractivity contribution in [1.82, 2.24) is 19.5 Å². The van der Waals surface area contributed by atoms with Gasteiger partial charge >= 0.3 is 0 Å². The van der Waals surface area contributed by atoms with E-state index in [2.05, 4.69) is 15.0 Å². The lowest BCUT2D eigenvalue weighted by Crippen LogP contribution is -2.28. The van der Waals surface area contributed by atoms with Crippen LogP contribution in [0.5, 0.6) is 0 Å². The molecule has 1 aromatic carbocycles. The molecule has 6 nitrogen and oxygen atoms in total. The maximum Gasteiger partial charge on any atom is 0.166 e. The second kappa shape index (κ2) is 6.74. The van der Waals surface area contributed by atoms with E-state index in [4.69, 9.17) is 5.73 Å². The largest absolute Gasteiger partial charge is 0.386 e. The summed E-state index contributed by atoms with van der Waals surface area (Å²) >= 11 is 0. The minimum atomic E-state index is -0.801. The van der Waals surface area contributed by atoms with Crippen LogP contribution < -0.4 is 5.73 Å². The number of imidazole rings is 1. The van der Waals surface area contributed by atoms with Crippen LogP contribution in [0.25, 0.3) is 28.6 Å². The molecule has 0 atom stereocenters. The first-order valence-corrected chi connectivity index (χ1v) is 9.13. The molecule has 2 aromatic heterocycles. The number of anilines is 1. The molecule has 0 saturated heterocycles. The Bertz CT molecular complexity index is 1020. The quantitative estimate of drug-likeness (QED) is 0.740. The van der Waals surface area contributed by atoms with Crippen LogP contribution in [0.2, 0.25) is 0 Å².